The topological polar surface area (TPSA) is 95.9 Å². The van der Waals surface area contributed by atoms with Crippen molar-refractivity contribution in [3.05, 3.63) is 23.2 Å². The Morgan fingerprint density at radius 3 is 2.73 bits per heavy atom. The van der Waals surface area contributed by atoms with E-state index < -0.39 is 17.4 Å². The van der Waals surface area contributed by atoms with Gasteiger partial charge >= 0.3 is 5.97 Å². The number of rotatable bonds is 7. The molecule has 1 aromatic carbocycles. The van der Waals surface area contributed by atoms with E-state index in [0.717, 1.165) is 0 Å². The maximum atomic E-state index is 12.6. The van der Waals surface area contributed by atoms with Gasteiger partial charge in [0.25, 0.3) is 0 Å². The van der Waals surface area contributed by atoms with Gasteiger partial charge in [-0.1, -0.05) is 11.6 Å². The fourth-order valence-electron chi connectivity index (χ4n) is 2.91. The Morgan fingerprint density at radius 2 is 2.12 bits per heavy atom. The second-order valence-electron chi connectivity index (χ2n) is 6.99. The molecule has 0 aliphatic carbocycles. The van der Waals surface area contributed by atoms with Crippen molar-refractivity contribution in [2.75, 3.05) is 18.6 Å². The second kappa shape index (κ2) is 7.95. The van der Waals surface area contributed by atoms with E-state index in [9.17, 15) is 14.4 Å². The molecule has 0 spiro atoms. The summed E-state index contributed by atoms with van der Waals surface area (Å²) in [5.74, 6) is -1.38. The highest BCUT2D eigenvalue weighted by Crippen LogP contribution is 2.35. The van der Waals surface area contributed by atoms with E-state index in [2.05, 4.69) is 5.32 Å². The van der Waals surface area contributed by atoms with Gasteiger partial charge in [-0.2, -0.15) is 0 Å². The first kappa shape index (κ1) is 20.0. The SMILES string of the molecule is COc1ccc(Cl)cc1N1CC(C(=O)NC(C)(C)CCC(=O)O)CC1=O. The van der Waals surface area contributed by atoms with Crippen molar-refractivity contribution in [3.63, 3.8) is 0 Å². The van der Waals surface area contributed by atoms with Crippen molar-refractivity contribution < 1.29 is 24.2 Å². The zero-order valence-corrected chi connectivity index (χ0v) is 15.8. The molecule has 2 amide bonds. The number of nitrogens with one attached hydrogen (secondary N) is 1. The van der Waals surface area contributed by atoms with E-state index in [1.54, 1.807) is 32.0 Å². The number of hydrogen-bond acceptors (Lipinski definition) is 4. The lowest BCUT2D eigenvalue weighted by Crippen LogP contribution is -2.46. The molecule has 1 heterocycles. The normalized spacial score (nSPS) is 17.3. The average Bonchev–Trinajstić information content (AvgIpc) is 2.94. The predicted molar refractivity (Wildman–Crippen MR) is 97.6 cm³/mol. The largest absolute Gasteiger partial charge is 0.495 e. The summed E-state index contributed by atoms with van der Waals surface area (Å²) in [5.41, 5.74) is -0.134. The number of ether oxygens (including phenoxy) is 1. The molecule has 142 valence electrons. The molecule has 1 atom stereocenters. The van der Waals surface area contributed by atoms with Crippen molar-refractivity contribution in [2.24, 2.45) is 5.92 Å². The van der Waals surface area contributed by atoms with Gasteiger partial charge < -0.3 is 20.1 Å². The molecule has 7 nitrogen and oxygen atoms in total. The molecule has 1 aliphatic heterocycles. The summed E-state index contributed by atoms with van der Waals surface area (Å²) in [4.78, 5) is 37.2. The molecular weight excluding hydrogens is 360 g/mol. The Labute approximate surface area is 157 Å². The van der Waals surface area contributed by atoms with Crippen LogP contribution in [0.15, 0.2) is 18.2 Å². The van der Waals surface area contributed by atoms with E-state index in [1.165, 1.54) is 12.0 Å². The monoisotopic (exact) mass is 382 g/mol. The zero-order chi connectivity index (χ0) is 19.5. The Kier molecular flexibility index (Phi) is 6.13. The summed E-state index contributed by atoms with van der Waals surface area (Å²) >= 11 is 6.03. The highest BCUT2D eigenvalue weighted by molar-refractivity contribution is 6.31. The number of anilines is 1. The highest BCUT2D eigenvalue weighted by Gasteiger charge is 2.38. The van der Waals surface area contributed by atoms with E-state index in [-0.39, 0.29) is 31.2 Å². The van der Waals surface area contributed by atoms with Crippen LogP contribution in [0.1, 0.15) is 33.1 Å². The summed E-state index contributed by atoms with van der Waals surface area (Å²) in [6.07, 6.45) is 0.347. The van der Waals surface area contributed by atoms with E-state index in [4.69, 9.17) is 21.4 Å². The average molecular weight is 383 g/mol. The van der Waals surface area contributed by atoms with Crippen LogP contribution in [0.25, 0.3) is 0 Å². The lowest BCUT2D eigenvalue weighted by atomic mass is 9.96. The summed E-state index contributed by atoms with van der Waals surface area (Å²) in [5, 5.41) is 12.1. The molecule has 1 aromatic rings. The van der Waals surface area contributed by atoms with Crippen molar-refractivity contribution in [3.8, 4) is 5.75 Å². The number of nitrogens with zero attached hydrogens (tertiary/aromatic N) is 1. The number of carbonyl (C=O) groups is 3. The molecule has 1 fully saturated rings. The number of amides is 2. The van der Waals surface area contributed by atoms with Crippen LogP contribution in [0, 0.1) is 5.92 Å². The molecule has 0 aromatic heterocycles. The first-order valence-electron chi connectivity index (χ1n) is 8.30. The maximum absolute atomic E-state index is 12.6. The first-order chi connectivity index (χ1) is 12.1. The van der Waals surface area contributed by atoms with Gasteiger partial charge in [-0.25, -0.2) is 0 Å². The van der Waals surface area contributed by atoms with Gasteiger partial charge in [0.15, 0.2) is 0 Å². The van der Waals surface area contributed by atoms with Crippen molar-refractivity contribution >= 4 is 35.1 Å². The van der Waals surface area contributed by atoms with Gasteiger partial charge in [0, 0.05) is 29.9 Å². The van der Waals surface area contributed by atoms with Gasteiger partial charge in [0.05, 0.1) is 18.7 Å². The Bertz CT molecular complexity index is 720. The fourth-order valence-corrected chi connectivity index (χ4v) is 3.07. The molecule has 2 rings (SSSR count). The number of carboxylic acid groups (broad SMARTS) is 1. The van der Waals surface area contributed by atoms with Crippen LogP contribution in [-0.4, -0.2) is 42.1 Å². The number of benzene rings is 1. The molecule has 0 bridgehead atoms. The van der Waals surface area contributed by atoms with Crippen LogP contribution in [-0.2, 0) is 14.4 Å². The number of hydrogen-bond donors (Lipinski definition) is 2. The van der Waals surface area contributed by atoms with Crippen LogP contribution in [0.4, 0.5) is 5.69 Å². The quantitative estimate of drug-likeness (QED) is 0.755. The third-order valence-electron chi connectivity index (χ3n) is 4.35. The minimum absolute atomic E-state index is 0.0390. The molecule has 1 saturated heterocycles. The van der Waals surface area contributed by atoms with Crippen LogP contribution in [0.2, 0.25) is 5.02 Å². The molecule has 8 heteroatoms. The molecule has 1 unspecified atom stereocenters. The van der Waals surface area contributed by atoms with E-state index in [0.29, 0.717) is 22.9 Å². The van der Waals surface area contributed by atoms with Gasteiger partial charge in [-0.05, 0) is 38.5 Å². The minimum Gasteiger partial charge on any atom is -0.495 e. The summed E-state index contributed by atoms with van der Waals surface area (Å²) in [6, 6.07) is 4.97. The van der Waals surface area contributed by atoms with Gasteiger partial charge in [-0.3, -0.25) is 14.4 Å². The first-order valence-corrected chi connectivity index (χ1v) is 8.68. The van der Waals surface area contributed by atoms with Crippen LogP contribution < -0.4 is 15.0 Å². The molecule has 0 radical (unpaired) electrons. The Morgan fingerprint density at radius 1 is 1.42 bits per heavy atom. The van der Waals surface area contributed by atoms with Gasteiger partial charge in [0.1, 0.15) is 5.75 Å². The maximum Gasteiger partial charge on any atom is 0.303 e. The van der Waals surface area contributed by atoms with Crippen molar-refractivity contribution in [2.45, 2.75) is 38.6 Å². The summed E-state index contributed by atoms with van der Waals surface area (Å²) in [7, 11) is 1.50. The number of carbonyl (C=O) groups excluding carboxylic acids is 2. The smallest absolute Gasteiger partial charge is 0.303 e. The molecular formula is C18H23ClN2O5. The minimum atomic E-state index is -0.914. The van der Waals surface area contributed by atoms with Crippen molar-refractivity contribution in [1.82, 2.24) is 5.32 Å². The number of methoxy groups -OCH3 is 1. The second-order valence-corrected chi connectivity index (χ2v) is 7.42. The third kappa shape index (κ3) is 4.88. The number of carboxylic acids is 1. The molecule has 26 heavy (non-hydrogen) atoms. The lowest BCUT2D eigenvalue weighted by Gasteiger charge is -2.27. The van der Waals surface area contributed by atoms with E-state index in [1.807, 2.05) is 0 Å². The van der Waals surface area contributed by atoms with Gasteiger partial charge in [0.2, 0.25) is 11.8 Å². The molecule has 2 N–H and O–H groups in total. The van der Waals surface area contributed by atoms with E-state index >= 15 is 0 Å². The molecule has 1 aliphatic rings. The number of halogens is 1. The summed E-state index contributed by atoms with van der Waals surface area (Å²) < 4.78 is 5.28. The molecule has 0 saturated carbocycles. The zero-order valence-electron chi connectivity index (χ0n) is 15.0. The lowest BCUT2D eigenvalue weighted by molar-refractivity contribution is -0.138. The highest BCUT2D eigenvalue weighted by atomic mass is 35.5. The fraction of sp³-hybridized carbons (Fsp3) is 0.500. The Balaban J connectivity index is 2.08. The van der Waals surface area contributed by atoms with Crippen molar-refractivity contribution in [1.29, 1.82) is 0 Å². The van der Waals surface area contributed by atoms with Crippen LogP contribution >= 0.6 is 11.6 Å². The Hall–Kier alpha value is -2.28. The van der Waals surface area contributed by atoms with Crippen LogP contribution in [0.3, 0.4) is 0 Å². The number of aliphatic carboxylic acids is 1. The third-order valence-corrected chi connectivity index (χ3v) is 4.59. The standard InChI is InChI=1S/C18H23ClN2O5/c1-18(2,7-6-16(23)24)20-17(25)11-8-15(22)21(10-11)13-9-12(19)4-5-14(13)26-3/h4-5,9,11H,6-8,10H2,1-3H3,(H,20,25)(H,23,24). The van der Waals surface area contributed by atoms with Gasteiger partial charge in [-0.15, -0.1) is 0 Å². The van der Waals surface area contributed by atoms with Crippen LogP contribution in [0.5, 0.6) is 5.75 Å². The predicted octanol–water partition coefficient (Wildman–Crippen LogP) is 2.46. The summed E-state index contributed by atoms with van der Waals surface area (Å²) in [6.45, 7) is 3.75.